The molecular weight excluding hydrogens is 375 g/mol. The lowest BCUT2D eigenvalue weighted by atomic mass is 9.85. The standard InChI is InChI=1S/C18H20BrFN2O2/c19-17(14-3-6-16(23)21-11-14)18(24)7-9-22(10-8-18)12-13-1-4-15(20)5-2-13/h1-6,11,17,24H,7-10,12H2,(H,21,23). The number of H-pyrrole nitrogens is 1. The third-order valence-electron chi connectivity index (χ3n) is 4.61. The van der Waals surface area contributed by atoms with E-state index in [1.807, 2.05) is 0 Å². The number of benzene rings is 1. The lowest BCUT2D eigenvalue weighted by Gasteiger charge is -2.41. The summed E-state index contributed by atoms with van der Waals surface area (Å²) in [5.41, 5.74) is 0.930. The average molecular weight is 395 g/mol. The molecule has 1 aliphatic rings. The van der Waals surface area contributed by atoms with Gasteiger partial charge < -0.3 is 10.1 Å². The summed E-state index contributed by atoms with van der Waals surface area (Å²) in [6, 6.07) is 9.74. The summed E-state index contributed by atoms with van der Waals surface area (Å²) in [6.45, 7) is 2.28. The number of alkyl halides is 1. The minimum absolute atomic E-state index is 0.153. The zero-order valence-corrected chi connectivity index (χ0v) is 14.8. The monoisotopic (exact) mass is 394 g/mol. The molecule has 0 saturated carbocycles. The van der Waals surface area contributed by atoms with E-state index in [0.717, 1.165) is 30.8 Å². The lowest BCUT2D eigenvalue weighted by Crippen LogP contribution is -2.46. The fourth-order valence-electron chi connectivity index (χ4n) is 3.09. The first-order chi connectivity index (χ1) is 11.5. The van der Waals surface area contributed by atoms with E-state index in [1.54, 1.807) is 24.4 Å². The van der Waals surface area contributed by atoms with Crippen molar-refractivity contribution < 1.29 is 9.50 Å². The van der Waals surface area contributed by atoms with E-state index in [0.29, 0.717) is 12.8 Å². The largest absolute Gasteiger partial charge is 0.388 e. The van der Waals surface area contributed by atoms with Crippen molar-refractivity contribution in [3.63, 3.8) is 0 Å². The van der Waals surface area contributed by atoms with Crippen molar-refractivity contribution in [3.05, 3.63) is 69.9 Å². The van der Waals surface area contributed by atoms with E-state index in [1.165, 1.54) is 18.2 Å². The number of nitrogens with one attached hydrogen (secondary N) is 1. The van der Waals surface area contributed by atoms with Gasteiger partial charge in [0, 0.05) is 31.9 Å². The molecule has 0 bridgehead atoms. The SMILES string of the molecule is O=c1ccc(C(Br)C2(O)CCN(Cc3ccc(F)cc3)CC2)c[nH]1. The number of piperidine rings is 1. The summed E-state index contributed by atoms with van der Waals surface area (Å²) < 4.78 is 13.0. The van der Waals surface area contributed by atoms with Gasteiger partial charge in [0.2, 0.25) is 5.56 Å². The molecule has 0 amide bonds. The number of halogens is 2. The molecule has 1 atom stereocenters. The van der Waals surface area contributed by atoms with Gasteiger partial charge in [0.05, 0.1) is 10.4 Å². The topological polar surface area (TPSA) is 56.3 Å². The van der Waals surface area contributed by atoms with Gasteiger partial charge in [0.25, 0.3) is 0 Å². The summed E-state index contributed by atoms with van der Waals surface area (Å²) in [4.78, 5) is 15.9. The first-order valence-electron chi connectivity index (χ1n) is 7.98. The summed E-state index contributed by atoms with van der Waals surface area (Å²) in [6.07, 6.45) is 2.90. The molecule has 2 heterocycles. The van der Waals surface area contributed by atoms with Crippen LogP contribution in [0.15, 0.2) is 47.4 Å². The first-order valence-corrected chi connectivity index (χ1v) is 8.90. The van der Waals surface area contributed by atoms with Crippen molar-refractivity contribution in [1.29, 1.82) is 0 Å². The zero-order chi connectivity index (χ0) is 17.2. The number of hydrogen-bond donors (Lipinski definition) is 2. The van der Waals surface area contributed by atoms with E-state index >= 15 is 0 Å². The smallest absolute Gasteiger partial charge is 0.247 e. The van der Waals surface area contributed by atoms with Crippen molar-refractivity contribution in [2.24, 2.45) is 0 Å². The van der Waals surface area contributed by atoms with Crippen molar-refractivity contribution in [1.82, 2.24) is 9.88 Å². The Morgan fingerprint density at radius 2 is 1.88 bits per heavy atom. The number of aromatic nitrogens is 1. The van der Waals surface area contributed by atoms with Crippen LogP contribution in [0.5, 0.6) is 0 Å². The van der Waals surface area contributed by atoms with Crippen LogP contribution in [0.1, 0.15) is 28.8 Å². The molecule has 0 aliphatic carbocycles. The Morgan fingerprint density at radius 1 is 1.21 bits per heavy atom. The number of aromatic amines is 1. The van der Waals surface area contributed by atoms with Crippen LogP contribution in [0.25, 0.3) is 0 Å². The van der Waals surface area contributed by atoms with Gasteiger partial charge in [-0.3, -0.25) is 9.69 Å². The highest BCUT2D eigenvalue weighted by Gasteiger charge is 2.39. The Morgan fingerprint density at radius 3 is 2.46 bits per heavy atom. The van der Waals surface area contributed by atoms with Crippen LogP contribution in [0.4, 0.5) is 4.39 Å². The number of aliphatic hydroxyl groups is 1. The van der Waals surface area contributed by atoms with Gasteiger partial charge >= 0.3 is 0 Å². The second kappa shape index (κ2) is 7.17. The molecule has 24 heavy (non-hydrogen) atoms. The van der Waals surface area contributed by atoms with Crippen molar-refractivity contribution in [2.45, 2.75) is 29.8 Å². The molecule has 0 spiro atoms. The molecule has 1 aliphatic heterocycles. The number of likely N-dealkylation sites (tertiary alicyclic amines) is 1. The van der Waals surface area contributed by atoms with Crippen LogP contribution < -0.4 is 5.56 Å². The molecule has 2 aromatic rings. The van der Waals surface area contributed by atoms with E-state index < -0.39 is 5.60 Å². The number of nitrogens with zero attached hydrogens (tertiary/aromatic N) is 1. The highest BCUT2D eigenvalue weighted by molar-refractivity contribution is 9.09. The zero-order valence-electron chi connectivity index (χ0n) is 13.2. The average Bonchev–Trinajstić information content (AvgIpc) is 2.59. The van der Waals surface area contributed by atoms with Gasteiger partial charge in [-0.15, -0.1) is 0 Å². The molecule has 1 fully saturated rings. The Hall–Kier alpha value is -1.50. The number of hydrogen-bond acceptors (Lipinski definition) is 3. The maximum Gasteiger partial charge on any atom is 0.247 e. The highest BCUT2D eigenvalue weighted by atomic mass is 79.9. The van der Waals surface area contributed by atoms with Gasteiger partial charge in [-0.2, -0.15) is 0 Å². The molecule has 2 N–H and O–H groups in total. The fraction of sp³-hybridized carbons (Fsp3) is 0.389. The van der Waals surface area contributed by atoms with Crippen molar-refractivity contribution in [2.75, 3.05) is 13.1 Å². The lowest BCUT2D eigenvalue weighted by molar-refractivity contribution is -0.0234. The highest BCUT2D eigenvalue weighted by Crippen LogP contribution is 2.40. The third kappa shape index (κ3) is 3.94. The van der Waals surface area contributed by atoms with Crippen LogP contribution in [0, 0.1) is 5.82 Å². The Balaban J connectivity index is 1.61. The van der Waals surface area contributed by atoms with Crippen LogP contribution in [-0.2, 0) is 6.54 Å². The second-order valence-corrected chi connectivity index (χ2v) is 7.27. The summed E-state index contributed by atoms with van der Waals surface area (Å²) in [5.74, 6) is -0.227. The Bertz CT molecular complexity index is 719. The molecule has 1 aromatic heterocycles. The summed E-state index contributed by atoms with van der Waals surface area (Å²) in [5, 5.41) is 11.0. The molecule has 1 aromatic carbocycles. The first kappa shape index (κ1) is 17.3. The normalized spacial score (nSPS) is 19.1. The molecular formula is C18H20BrFN2O2. The fourth-order valence-corrected chi connectivity index (χ4v) is 3.83. The van der Waals surface area contributed by atoms with Crippen LogP contribution in [0.3, 0.4) is 0 Å². The second-order valence-electron chi connectivity index (χ2n) is 6.36. The molecule has 4 nitrogen and oxygen atoms in total. The third-order valence-corrected chi connectivity index (χ3v) is 5.99. The van der Waals surface area contributed by atoms with E-state index in [-0.39, 0.29) is 16.2 Å². The quantitative estimate of drug-likeness (QED) is 0.783. The van der Waals surface area contributed by atoms with Gasteiger partial charge in [-0.05, 0) is 36.1 Å². The summed E-state index contributed by atoms with van der Waals surface area (Å²) in [7, 11) is 0. The predicted molar refractivity (Wildman–Crippen MR) is 94.6 cm³/mol. The molecule has 6 heteroatoms. The van der Waals surface area contributed by atoms with Gasteiger partial charge in [0.15, 0.2) is 0 Å². The van der Waals surface area contributed by atoms with Gasteiger partial charge in [0.1, 0.15) is 5.82 Å². The van der Waals surface area contributed by atoms with Crippen LogP contribution in [-0.4, -0.2) is 33.7 Å². The van der Waals surface area contributed by atoms with Crippen molar-refractivity contribution in [3.8, 4) is 0 Å². The molecule has 3 rings (SSSR count). The van der Waals surface area contributed by atoms with Crippen LogP contribution >= 0.6 is 15.9 Å². The maximum atomic E-state index is 13.0. The molecule has 1 saturated heterocycles. The Labute approximate surface area is 148 Å². The Kier molecular flexibility index (Phi) is 5.18. The minimum Gasteiger partial charge on any atom is -0.388 e. The van der Waals surface area contributed by atoms with Gasteiger partial charge in [-0.25, -0.2) is 4.39 Å². The van der Waals surface area contributed by atoms with E-state index in [9.17, 15) is 14.3 Å². The van der Waals surface area contributed by atoms with Crippen molar-refractivity contribution >= 4 is 15.9 Å². The van der Waals surface area contributed by atoms with E-state index in [2.05, 4.69) is 25.8 Å². The van der Waals surface area contributed by atoms with E-state index in [4.69, 9.17) is 0 Å². The predicted octanol–water partition coefficient (Wildman–Crippen LogP) is 2.98. The number of pyridine rings is 1. The van der Waals surface area contributed by atoms with Crippen LogP contribution in [0.2, 0.25) is 0 Å². The minimum atomic E-state index is -0.850. The summed E-state index contributed by atoms with van der Waals surface area (Å²) >= 11 is 3.59. The molecule has 0 radical (unpaired) electrons. The molecule has 1 unspecified atom stereocenters. The number of rotatable bonds is 4. The molecule has 128 valence electrons. The maximum absolute atomic E-state index is 13.0. The van der Waals surface area contributed by atoms with Gasteiger partial charge in [-0.1, -0.05) is 34.1 Å².